The summed E-state index contributed by atoms with van der Waals surface area (Å²) in [6, 6.07) is 6.89. The molecule has 6 heteroatoms. The van der Waals surface area contributed by atoms with E-state index in [0.29, 0.717) is 10.8 Å². The second-order valence-electron chi connectivity index (χ2n) is 4.17. The molecule has 0 aliphatic rings. The van der Waals surface area contributed by atoms with Gasteiger partial charge in [-0.05, 0) is 42.4 Å². The minimum absolute atomic E-state index is 0.343. The number of hydrogen-bond acceptors (Lipinski definition) is 5. The molecule has 0 aliphatic heterocycles. The first-order chi connectivity index (χ1) is 9.56. The summed E-state index contributed by atoms with van der Waals surface area (Å²) in [5, 5.41) is 2.95. The Morgan fingerprint density at radius 1 is 1.20 bits per heavy atom. The van der Waals surface area contributed by atoms with E-state index in [1.807, 2.05) is 6.92 Å². The van der Waals surface area contributed by atoms with Crippen LogP contribution in [0.3, 0.4) is 0 Å². The summed E-state index contributed by atoms with van der Waals surface area (Å²) >= 11 is 3.26. The van der Waals surface area contributed by atoms with Gasteiger partial charge in [-0.3, -0.25) is 0 Å². The summed E-state index contributed by atoms with van der Waals surface area (Å²) in [5.74, 6) is 2.65. The van der Waals surface area contributed by atoms with Gasteiger partial charge in [0, 0.05) is 12.5 Å². The lowest BCUT2D eigenvalue weighted by molar-refractivity contribution is 0.259. The molecule has 20 heavy (non-hydrogen) atoms. The zero-order valence-corrected chi connectivity index (χ0v) is 14.2. The van der Waals surface area contributed by atoms with Gasteiger partial charge in [-0.2, -0.15) is 0 Å². The number of benzene rings is 1. The van der Waals surface area contributed by atoms with E-state index in [1.165, 1.54) is 17.2 Å². The molecule has 1 aromatic carbocycles. The van der Waals surface area contributed by atoms with Crippen molar-refractivity contribution in [2.45, 2.75) is 18.2 Å². The van der Waals surface area contributed by atoms with Crippen LogP contribution < -0.4 is 0 Å². The van der Waals surface area contributed by atoms with Gasteiger partial charge in [0.15, 0.2) is 9.84 Å². The lowest BCUT2D eigenvalue weighted by atomic mass is 10.2. The maximum Gasteiger partial charge on any atom is 0.200 e. The van der Waals surface area contributed by atoms with Crippen molar-refractivity contribution in [1.29, 1.82) is 0 Å². The van der Waals surface area contributed by atoms with Gasteiger partial charge >= 0.3 is 0 Å². The first-order valence-corrected chi connectivity index (χ1v) is 9.98. The highest BCUT2D eigenvalue weighted by Gasteiger charge is 2.08. The average Bonchev–Trinajstić information content (AvgIpc) is 2.42. The van der Waals surface area contributed by atoms with Crippen LogP contribution in [0.4, 0.5) is 0 Å². The maximum atomic E-state index is 12.0. The highest BCUT2D eigenvalue weighted by atomic mass is 32.2. The number of sulfone groups is 1. The number of thioether (sulfide) groups is 2. The molecule has 0 radical (unpaired) electrons. The third kappa shape index (κ3) is 6.83. The first kappa shape index (κ1) is 17.6. The van der Waals surface area contributed by atoms with E-state index in [2.05, 4.69) is 0 Å². The molecule has 1 rings (SSSR count). The third-order valence-electron chi connectivity index (χ3n) is 2.43. The predicted molar refractivity (Wildman–Crippen MR) is 88.9 cm³/mol. The Morgan fingerprint density at radius 2 is 1.90 bits per heavy atom. The fourth-order valence-electron chi connectivity index (χ4n) is 1.37. The van der Waals surface area contributed by atoms with Crippen LogP contribution >= 0.6 is 23.5 Å². The van der Waals surface area contributed by atoms with Crippen LogP contribution in [0.15, 0.2) is 40.0 Å². The van der Waals surface area contributed by atoms with Crippen molar-refractivity contribution in [2.24, 2.45) is 0 Å². The normalized spacial score (nSPS) is 12.1. The van der Waals surface area contributed by atoms with Gasteiger partial charge in [0.25, 0.3) is 0 Å². The molecule has 0 spiro atoms. The summed E-state index contributed by atoms with van der Waals surface area (Å²) in [6.45, 7) is 1.93. The van der Waals surface area contributed by atoms with Gasteiger partial charge in [-0.25, -0.2) is 8.42 Å². The summed E-state index contributed by atoms with van der Waals surface area (Å²) in [6.07, 6.45) is 1.04. The molecule has 0 amide bonds. The average molecular weight is 333 g/mol. The van der Waals surface area contributed by atoms with E-state index in [0.717, 1.165) is 23.5 Å². The van der Waals surface area contributed by atoms with Crippen LogP contribution in [0, 0.1) is 6.92 Å². The number of aryl methyl sites for hydroxylation is 1. The van der Waals surface area contributed by atoms with E-state index in [-0.39, 0.29) is 0 Å². The number of hydrogen-bond donors (Lipinski definition) is 0. The summed E-state index contributed by atoms with van der Waals surface area (Å²) < 4.78 is 28.9. The van der Waals surface area contributed by atoms with Crippen molar-refractivity contribution in [3.63, 3.8) is 0 Å². The molecule has 0 bridgehead atoms. The van der Waals surface area contributed by atoms with Gasteiger partial charge in [-0.15, -0.1) is 23.5 Å². The van der Waals surface area contributed by atoms with Gasteiger partial charge < -0.3 is 4.74 Å². The van der Waals surface area contributed by atoms with E-state index in [9.17, 15) is 8.42 Å². The molecular formula is C14H20O3S3. The Balaban J connectivity index is 2.35. The van der Waals surface area contributed by atoms with Crippen molar-refractivity contribution in [2.75, 3.05) is 24.6 Å². The molecule has 0 aromatic heterocycles. The number of ether oxygens (including phenoxy) is 1. The van der Waals surface area contributed by atoms with E-state index < -0.39 is 9.84 Å². The predicted octanol–water partition coefficient (Wildman–Crippen LogP) is 3.70. The fraction of sp³-hybridized carbons (Fsp3) is 0.429. The van der Waals surface area contributed by atoms with Crippen LogP contribution in [0.1, 0.15) is 12.0 Å². The molecule has 3 nitrogen and oxygen atoms in total. The van der Waals surface area contributed by atoms with Crippen molar-refractivity contribution >= 4 is 33.4 Å². The first-order valence-electron chi connectivity index (χ1n) is 6.23. The smallest absolute Gasteiger partial charge is 0.200 e. The van der Waals surface area contributed by atoms with Crippen molar-refractivity contribution in [1.82, 2.24) is 0 Å². The molecule has 0 unspecified atom stereocenters. The maximum absolute atomic E-state index is 12.0. The molecule has 0 saturated carbocycles. The van der Waals surface area contributed by atoms with E-state index in [1.54, 1.807) is 48.5 Å². The van der Waals surface area contributed by atoms with Crippen LogP contribution in [0.25, 0.3) is 0 Å². The summed E-state index contributed by atoms with van der Waals surface area (Å²) in [4.78, 5) is 0.343. The number of methoxy groups -OCH3 is 1. The molecule has 0 saturated heterocycles. The van der Waals surface area contributed by atoms with E-state index >= 15 is 0 Å². The van der Waals surface area contributed by atoms with Crippen LogP contribution in [-0.2, 0) is 14.6 Å². The van der Waals surface area contributed by atoms with Crippen molar-refractivity contribution in [3.05, 3.63) is 40.6 Å². The van der Waals surface area contributed by atoms with Gasteiger partial charge in [-0.1, -0.05) is 17.7 Å². The molecule has 112 valence electrons. The standard InChI is InChI=1S/C14H20O3S3/c1-13-4-6-14(7-5-13)20(15,16)11-10-18-8-3-9-19-12-17-2/h4-7,10-11H,3,8-9,12H2,1-2H3/b11-10+. The quantitative estimate of drug-likeness (QED) is 0.509. The van der Waals surface area contributed by atoms with Gasteiger partial charge in [0.1, 0.15) is 0 Å². The highest BCUT2D eigenvalue weighted by Crippen LogP contribution is 2.16. The number of rotatable bonds is 9. The van der Waals surface area contributed by atoms with Crippen LogP contribution in [0.2, 0.25) is 0 Å². The lowest BCUT2D eigenvalue weighted by Crippen LogP contribution is -1.95. The molecule has 0 atom stereocenters. The second kappa shape index (κ2) is 9.50. The Hall–Kier alpha value is -0.430. The minimum atomic E-state index is -3.30. The zero-order chi connectivity index (χ0) is 14.8. The van der Waals surface area contributed by atoms with Crippen LogP contribution in [-0.4, -0.2) is 33.0 Å². The van der Waals surface area contributed by atoms with Crippen molar-refractivity contribution < 1.29 is 13.2 Å². The Labute approximate surface area is 130 Å². The SMILES string of the molecule is COCSCCCS/C=C/S(=O)(=O)c1ccc(C)cc1. The molecule has 1 aromatic rings. The summed E-state index contributed by atoms with van der Waals surface area (Å²) in [5.41, 5.74) is 1.05. The summed E-state index contributed by atoms with van der Waals surface area (Å²) in [7, 11) is -1.62. The Bertz CT molecular complexity index is 507. The van der Waals surface area contributed by atoms with Crippen LogP contribution in [0.5, 0.6) is 0 Å². The third-order valence-corrected chi connectivity index (χ3v) is 5.86. The van der Waals surface area contributed by atoms with Crippen molar-refractivity contribution in [3.8, 4) is 0 Å². The fourth-order valence-corrected chi connectivity index (χ4v) is 4.21. The molecule has 0 heterocycles. The highest BCUT2D eigenvalue weighted by molar-refractivity contribution is 8.03. The zero-order valence-electron chi connectivity index (χ0n) is 11.7. The molecular weight excluding hydrogens is 312 g/mol. The Kier molecular flexibility index (Phi) is 8.37. The lowest BCUT2D eigenvalue weighted by Gasteiger charge is -2.00. The topological polar surface area (TPSA) is 43.4 Å². The van der Waals surface area contributed by atoms with Gasteiger partial charge in [0.2, 0.25) is 0 Å². The molecule has 0 fully saturated rings. The van der Waals surface area contributed by atoms with E-state index in [4.69, 9.17) is 4.74 Å². The van der Waals surface area contributed by atoms with Gasteiger partial charge in [0.05, 0.1) is 10.8 Å². The monoisotopic (exact) mass is 332 g/mol. The molecule has 0 aliphatic carbocycles. The largest absolute Gasteiger partial charge is 0.374 e. The second-order valence-corrected chi connectivity index (χ2v) is 8.07. The Morgan fingerprint density at radius 3 is 2.55 bits per heavy atom. The molecule has 0 N–H and O–H groups in total. The minimum Gasteiger partial charge on any atom is -0.374 e.